The summed E-state index contributed by atoms with van der Waals surface area (Å²) in [4.78, 5) is 2.56. The summed E-state index contributed by atoms with van der Waals surface area (Å²) in [6.07, 6.45) is 6.60. The number of nitrogens with zero attached hydrogens (tertiary/aromatic N) is 1. The Bertz CT molecular complexity index is 240. The molecule has 2 N–H and O–H groups in total. The van der Waals surface area contributed by atoms with Crippen LogP contribution in [0.2, 0.25) is 0 Å². The van der Waals surface area contributed by atoms with E-state index >= 15 is 0 Å². The molecule has 2 fully saturated rings. The third-order valence-corrected chi connectivity index (χ3v) is 4.73. The number of rotatable bonds is 4. The molecule has 0 radical (unpaired) electrons. The van der Waals surface area contributed by atoms with Crippen LogP contribution in [0.1, 0.15) is 32.1 Å². The van der Waals surface area contributed by atoms with Crippen molar-refractivity contribution in [3.63, 3.8) is 0 Å². The highest BCUT2D eigenvalue weighted by atomic mass is 16.5. The summed E-state index contributed by atoms with van der Waals surface area (Å²) in [5.74, 6) is 0. The summed E-state index contributed by atoms with van der Waals surface area (Å²) in [6.45, 7) is 2.94. The van der Waals surface area contributed by atoms with Gasteiger partial charge in [-0.2, -0.15) is 0 Å². The van der Waals surface area contributed by atoms with Gasteiger partial charge in [0, 0.05) is 39.4 Å². The van der Waals surface area contributed by atoms with E-state index in [0.717, 1.165) is 38.9 Å². The first-order valence-corrected chi connectivity index (χ1v) is 6.75. The summed E-state index contributed by atoms with van der Waals surface area (Å²) >= 11 is 0. The molecule has 4 nitrogen and oxygen atoms in total. The first kappa shape index (κ1) is 13.3. The van der Waals surface area contributed by atoms with Gasteiger partial charge in [0.2, 0.25) is 0 Å². The normalized spacial score (nSPS) is 39.7. The van der Waals surface area contributed by atoms with Gasteiger partial charge >= 0.3 is 0 Å². The van der Waals surface area contributed by atoms with E-state index < -0.39 is 0 Å². The lowest BCUT2D eigenvalue weighted by Crippen LogP contribution is -2.55. The first-order chi connectivity index (χ1) is 8.24. The Morgan fingerprint density at radius 3 is 2.24 bits per heavy atom. The molecule has 1 atom stereocenters. The molecule has 100 valence electrons. The fourth-order valence-electron chi connectivity index (χ4n) is 3.37. The van der Waals surface area contributed by atoms with Gasteiger partial charge in [0.15, 0.2) is 0 Å². The van der Waals surface area contributed by atoms with E-state index in [-0.39, 0.29) is 5.54 Å². The van der Waals surface area contributed by atoms with E-state index in [1.54, 1.807) is 0 Å². The predicted octanol–water partition coefficient (Wildman–Crippen LogP) is 0.994. The van der Waals surface area contributed by atoms with Gasteiger partial charge in [0.05, 0.1) is 12.2 Å². The monoisotopic (exact) mass is 242 g/mol. The van der Waals surface area contributed by atoms with Gasteiger partial charge in [-0.1, -0.05) is 0 Å². The maximum Gasteiger partial charge on any atom is 0.0710 e. The molecule has 0 bridgehead atoms. The van der Waals surface area contributed by atoms with Crippen LogP contribution < -0.4 is 5.73 Å². The van der Waals surface area contributed by atoms with Gasteiger partial charge in [-0.25, -0.2) is 0 Å². The second kappa shape index (κ2) is 5.65. The number of nitrogens with two attached hydrogens (primary N) is 1. The molecule has 0 amide bonds. The van der Waals surface area contributed by atoms with Gasteiger partial charge in [0.25, 0.3) is 0 Å². The van der Waals surface area contributed by atoms with E-state index in [2.05, 4.69) is 4.90 Å². The summed E-state index contributed by atoms with van der Waals surface area (Å²) in [7, 11) is 3.63. The number of hydrogen-bond donors (Lipinski definition) is 1. The van der Waals surface area contributed by atoms with Crippen LogP contribution in [0.3, 0.4) is 0 Å². The number of ether oxygens (including phenoxy) is 2. The van der Waals surface area contributed by atoms with Crippen molar-refractivity contribution in [2.75, 3.05) is 33.9 Å². The molecule has 1 saturated carbocycles. The van der Waals surface area contributed by atoms with Crippen molar-refractivity contribution in [2.24, 2.45) is 5.73 Å². The molecule has 0 aromatic carbocycles. The van der Waals surface area contributed by atoms with Gasteiger partial charge in [-0.15, -0.1) is 0 Å². The molecule has 0 aromatic rings. The van der Waals surface area contributed by atoms with Gasteiger partial charge in [-0.3, -0.25) is 4.90 Å². The fourth-order valence-corrected chi connectivity index (χ4v) is 3.37. The standard InChI is InChI=1S/C13H26N2O2/c1-16-11-3-6-13(10-14,7-4-11)15-8-5-12(9-15)17-2/h11-12H,3-10,14H2,1-2H3. The largest absolute Gasteiger partial charge is 0.381 e. The van der Waals surface area contributed by atoms with Crippen LogP contribution in [0.25, 0.3) is 0 Å². The molecular formula is C13H26N2O2. The lowest BCUT2D eigenvalue weighted by Gasteiger charge is -2.45. The van der Waals surface area contributed by atoms with Crippen LogP contribution in [0.5, 0.6) is 0 Å². The number of hydrogen-bond acceptors (Lipinski definition) is 4. The Morgan fingerprint density at radius 1 is 1.12 bits per heavy atom. The predicted molar refractivity (Wildman–Crippen MR) is 68.0 cm³/mol. The topological polar surface area (TPSA) is 47.7 Å². The van der Waals surface area contributed by atoms with Crippen molar-refractivity contribution in [3.8, 4) is 0 Å². The molecule has 2 rings (SSSR count). The molecule has 0 spiro atoms. The van der Waals surface area contributed by atoms with Crippen LogP contribution in [-0.4, -0.2) is 56.5 Å². The molecule has 1 aliphatic carbocycles. The molecule has 4 heteroatoms. The van der Waals surface area contributed by atoms with Crippen molar-refractivity contribution in [1.29, 1.82) is 0 Å². The highest BCUT2D eigenvalue weighted by molar-refractivity contribution is 4.99. The van der Waals surface area contributed by atoms with Gasteiger partial charge in [0.1, 0.15) is 0 Å². The summed E-state index contributed by atoms with van der Waals surface area (Å²) < 4.78 is 10.9. The Morgan fingerprint density at radius 2 is 1.76 bits per heavy atom. The minimum atomic E-state index is 0.211. The lowest BCUT2D eigenvalue weighted by molar-refractivity contribution is -0.00421. The average molecular weight is 242 g/mol. The van der Waals surface area contributed by atoms with Crippen molar-refractivity contribution in [2.45, 2.75) is 49.9 Å². The second-order valence-corrected chi connectivity index (χ2v) is 5.46. The van der Waals surface area contributed by atoms with Crippen molar-refractivity contribution < 1.29 is 9.47 Å². The van der Waals surface area contributed by atoms with E-state index in [9.17, 15) is 0 Å². The molecule has 2 aliphatic rings. The summed E-state index contributed by atoms with van der Waals surface area (Å²) in [5, 5.41) is 0. The van der Waals surface area contributed by atoms with E-state index in [0.29, 0.717) is 12.2 Å². The van der Waals surface area contributed by atoms with Crippen LogP contribution in [0.4, 0.5) is 0 Å². The van der Waals surface area contributed by atoms with Gasteiger partial charge in [-0.05, 0) is 32.1 Å². The molecule has 1 saturated heterocycles. The molecular weight excluding hydrogens is 216 g/mol. The molecule has 1 unspecified atom stereocenters. The fraction of sp³-hybridized carbons (Fsp3) is 1.00. The van der Waals surface area contributed by atoms with Gasteiger partial charge < -0.3 is 15.2 Å². The quantitative estimate of drug-likeness (QED) is 0.799. The Labute approximate surface area is 104 Å². The zero-order valence-corrected chi connectivity index (χ0v) is 11.2. The maximum absolute atomic E-state index is 6.07. The average Bonchev–Trinajstić information content (AvgIpc) is 2.88. The van der Waals surface area contributed by atoms with Crippen molar-refractivity contribution in [1.82, 2.24) is 4.90 Å². The minimum absolute atomic E-state index is 0.211. The zero-order valence-electron chi connectivity index (χ0n) is 11.2. The first-order valence-electron chi connectivity index (χ1n) is 6.75. The molecule has 0 aromatic heterocycles. The molecule has 1 heterocycles. The zero-order chi connectivity index (χ0) is 12.3. The van der Waals surface area contributed by atoms with Crippen LogP contribution in [0.15, 0.2) is 0 Å². The van der Waals surface area contributed by atoms with Crippen LogP contribution >= 0.6 is 0 Å². The highest BCUT2D eigenvalue weighted by Gasteiger charge is 2.42. The number of methoxy groups -OCH3 is 2. The van der Waals surface area contributed by atoms with E-state index in [1.165, 1.54) is 12.8 Å². The third-order valence-electron chi connectivity index (χ3n) is 4.73. The SMILES string of the molecule is COC1CCC(CN)(N2CCC(OC)C2)CC1. The van der Waals surface area contributed by atoms with Crippen molar-refractivity contribution in [3.05, 3.63) is 0 Å². The van der Waals surface area contributed by atoms with E-state index in [4.69, 9.17) is 15.2 Å². The Kier molecular flexibility index (Phi) is 4.42. The molecule has 17 heavy (non-hydrogen) atoms. The third kappa shape index (κ3) is 2.65. The van der Waals surface area contributed by atoms with Crippen LogP contribution in [0, 0.1) is 0 Å². The second-order valence-electron chi connectivity index (χ2n) is 5.46. The molecule has 1 aliphatic heterocycles. The maximum atomic E-state index is 6.07. The minimum Gasteiger partial charge on any atom is -0.381 e. The Balaban J connectivity index is 1.96. The highest BCUT2D eigenvalue weighted by Crippen LogP contribution is 2.36. The van der Waals surface area contributed by atoms with Crippen LogP contribution in [-0.2, 0) is 9.47 Å². The van der Waals surface area contributed by atoms with Crippen molar-refractivity contribution >= 4 is 0 Å². The number of likely N-dealkylation sites (tertiary alicyclic amines) is 1. The smallest absolute Gasteiger partial charge is 0.0710 e. The van der Waals surface area contributed by atoms with E-state index in [1.807, 2.05) is 14.2 Å². The summed E-state index contributed by atoms with van der Waals surface area (Å²) in [5.41, 5.74) is 6.28. The Hall–Kier alpha value is -0.160. The lowest BCUT2D eigenvalue weighted by atomic mass is 9.79. The summed E-state index contributed by atoms with van der Waals surface area (Å²) in [6, 6.07) is 0.